The minimum Gasteiger partial charge on any atom is -0.489 e. The first-order chi connectivity index (χ1) is 13.5. The molecule has 142 valence electrons. The zero-order valence-electron chi connectivity index (χ0n) is 15.8. The highest BCUT2D eigenvalue weighted by atomic mass is 32.1. The van der Waals surface area contributed by atoms with Crippen LogP contribution in [0.2, 0.25) is 0 Å². The molecule has 0 unspecified atom stereocenters. The van der Waals surface area contributed by atoms with Crippen molar-refractivity contribution in [1.29, 1.82) is 0 Å². The van der Waals surface area contributed by atoms with Crippen molar-refractivity contribution in [1.82, 2.24) is 10.1 Å². The zero-order valence-corrected chi connectivity index (χ0v) is 16.6. The summed E-state index contributed by atoms with van der Waals surface area (Å²) < 4.78 is 12.0. The van der Waals surface area contributed by atoms with Crippen LogP contribution in [0.4, 0.5) is 5.69 Å². The van der Waals surface area contributed by atoms with E-state index in [1.165, 1.54) is 0 Å². The fourth-order valence-corrected chi connectivity index (χ4v) is 3.78. The van der Waals surface area contributed by atoms with Crippen LogP contribution in [0.25, 0.3) is 10.2 Å². The van der Waals surface area contributed by atoms with E-state index in [2.05, 4.69) is 15.5 Å². The Bertz CT molecular complexity index is 1140. The number of nitrogens with zero attached hydrogens (tertiary/aromatic N) is 2. The highest BCUT2D eigenvalue weighted by molar-refractivity contribution is 7.18. The number of benzene rings is 2. The van der Waals surface area contributed by atoms with E-state index in [-0.39, 0.29) is 5.91 Å². The molecule has 4 aromatic rings. The summed E-state index contributed by atoms with van der Waals surface area (Å²) in [6.45, 7) is 6.04. The van der Waals surface area contributed by atoms with Crippen LogP contribution in [0.5, 0.6) is 5.75 Å². The number of amides is 1. The van der Waals surface area contributed by atoms with Crippen molar-refractivity contribution in [3.8, 4) is 5.75 Å². The molecule has 0 saturated heterocycles. The maximum absolute atomic E-state index is 12.6. The molecule has 1 N–H and O–H groups in total. The average Bonchev–Trinajstić information content (AvgIpc) is 3.21. The molecule has 6 nitrogen and oxygen atoms in total. The van der Waals surface area contributed by atoms with Gasteiger partial charge >= 0.3 is 0 Å². The third kappa shape index (κ3) is 3.75. The second-order valence-electron chi connectivity index (χ2n) is 6.49. The number of aromatic nitrogens is 2. The first-order valence-corrected chi connectivity index (χ1v) is 9.64. The van der Waals surface area contributed by atoms with Gasteiger partial charge in [0.05, 0.1) is 26.5 Å². The van der Waals surface area contributed by atoms with Gasteiger partial charge in [0.25, 0.3) is 5.91 Å². The van der Waals surface area contributed by atoms with Gasteiger partial charge < -0.3 is 14.6 Å². The topological polar surface area (TPSA) is 77.2 Å². The Morgan fingerprint density at radius 3 is 2.82 bits per heavy atom. The summed E-state index contributed by atoms with van der Waals surface area (Å²) in [5, 5.41) is 7.86. The van der Waals surface area contributed by atoms with E-state index < -0.39 is 0 Å². The summed E-state index contributed by atoms with van der Waals surface area (Å²) in [6, 6.07) is 12.8. The summed E-state index contributed by atoms with van der Waals surface area (Å²) in [7, 11) is 0. The van der Waals surface area contributed by atoms with Crippen LogP contribution in [0, 0.1) is 20.8 Å². The Morgan fingerprint density at radius 2 is 2.04 bits per heavy atom. The second-order valence-corrected chi connectivity index (χ2v) is 7.72. The van der Waals surface area contributed by atoms with Crippen LogP contribution < -0.4 is 10.1 Å². The van der Waals surface area contributed by atoms with Crippen LogP contribution in [-0.2, 0) is 6.61 Å². The molecule has 28 heavy (non-hydrogen) atoms. The Kier molecular flexibility index (Phi) is 4.83. The van der Waals surface area contributed by atoms with Crippen LogP contribution >= 0.6 is 11.3 Å². The van der Waals surface area contributed by atoms with Gasteiger partial charge in [0.1, 0.15) is 18.1 Å². The lowest BCUT2D eigenvalue weighted by Crippen LogP contribution is -2.12. The third-order valence-corrected chi connectivity index (χ3v) is 5.35. The Hall–Kier alpha value is -3.19. The van der Waals surface area contributed by atoms with Crippen LogP contribution in [0.15, 0.2) is 47.0 Å². The molecule has 2 aromatic heterocycles. The van der Waals surface area contributed by atoms with Gasteiger partial charge in [0.2, 0.25) is 0 Å². The Labute approximate surface area is 166 Å². The molecule has 0 aliphatic carbocycles. The average molecular weight is 393 g/mol. The SMILES string of the molecule is Cc1nc2ccc(NC(=O)c3cccc(OCc4c(C)noc4C)c3)cc2s1. The number of hydrogen-bond acceptors (Lipinski definition) is 6. The molecule has 2 heterocycles. The first-order valence-electron chi connectivity index (χ1n) is 8.83. The molecule has 0 bridgehead atoms. The monoisotopic (exact) mass is 393 g/mol. The van der Waals surface area contributed by atoms with Gasteiger partial charge in [-0.25, -0.2) is 4.98 Å². The number of thiazole rings is 1. The molecule has 4 rings (SSSR count). The molecule has 0 spiro atoms. The highest BCUT2D eigenvalue weighted by Gasteiger charge is 2.12. The van der Waals surface area contributed by atoms with Crippen molar-refractivity contribution in [2.45, 2.75) is 27.4 Å². The van der Waals surface area contributed by atoms with E-state index >= 15 is 0 Å². The second kappa shape index (κ2) is 7.44. The zero-order chi connectivity index (χ0) is 19.7. The summed E-state index contributed by atoms with van der Waals surface area (Å²) >= 11 is 1.60. The van der Waals surface area contributed by atoms with Gasteiger partial charge in [-0.05, 0) is 57.2 Å². The number of nitrogens with one attached hydrogen (secondary N) is 1. The van der Waals surface area contributed by atoms with Gasteiger partial charge in [-0.3, -0.25) is 4.79 Å². The van der Waals surface area contributed by atoms with E-state index in [4.69, 9.17) is 9.26 Å². The maximum Gasteiger partial charge on any atom is 0.255 e. The van der Waals surface area contributed by atoms with E-state index in [1.54, 1.807) is 29.5 Å². The lowest BCUT2D eigenvalue weighted by atomic mass is 10.2. The number of carbonyl (C=O) groups excluding carboxylic acids is 1. The predicted octanol–water partition coefficient (Wildman–Crippen LogP) is 5.04. The van der Waals surface area contributed by atoms with Gasteiger partial charge in [-0.15, -0.1) is 11.3 Å². The maximum atomic E-state index is 12.6. The number of hydrogen-bond donors (Lipinski definition) is 1. The predicted molar refractivity (Wildman–Crippen MR) is 109 cm³/mol. The van der Waals surface area contributed by atoms with E-state index in [0.29, 0.717) is 17.9 Å². The van der Waals surface area contributed by atoms with E-state index in [1.807, 2.05) is 45.0 Å². The molecular formula is C21H19N3O3S. The molecule has 0 radical (unpaired) electrons. The lowest BCUT2D eigenvalue weighted by molar-refractivity contribution is 0.102. The van der Waals surface area contributed by atoms with Gasteiger partial charge in [-0.1, -0.05) is 11.2 Å². The summed E-state index contributed by atoms with van der Waals surface area (Å²) in [6.07, 6.45) is 0. The molecule has 2 aromatic carbocycles. The number of fused-ring (bicyclic) bond motifs is 1. The van der Waals surface area contributed by atoms with Crippen LogP contribution in [0.3, 0.4) is 0 Å². The molecule has 7 heteroatoms. The molecular weight excluding hydrogens is 374 g/mol. The fraction of sp³-hybridized carbons (Fsp3) is 0.190. The first kappa shape index (κ1) is 18.2. The summed E-state index contributed by atoms with van der Waals surface area (Å²) in [5.41, 5.74) is 3.93. The smallest absolute Gasteiger partial charge is 0.255 e. The number of carbonyl (C=O) groups is 1. The fourth-order valence-electron chi connectivity index (χ4n) is 2.91. The normalized spacial score (nSPS) is 11.0. The number of aryl methyl sites for hydroxylation is 3. The third-order valence-electron chi connectivity index (χ3n) is 4.41. The van der Waals surface area contributed by atoms with Crippen molar-refractivity contribution in [2.75, 3.05) is 5.32 Å². The molecule has 0 fully saturated rings. The minimum absolute atomic E-state index is 0.191. The number of ether oxygens (including phenoxy) is 1. The van der Waals surface area contributed by atoms with Gasteiger partial charge in [0, 0.05) is 11.3 Å². The van der Waals surface area contributed by atoms with E-state index in [0.717, 1.165) is 37.9 Å². The largest absolute Gasteiger partial charge is 0.489 e. The van der Waals surface area contributed by atoms with Crippen molar-refractivity contribution in [3.63, 3.8) is 0 Å². The standard InChI is InChI=1S/C21H19N3O3S/c1-12-18(13(2)27-24-12)11-26-17-6-4-5-15(9-17)21(25)23-16-7-8-19-20(10-16)28-14(3)22-19/h4-10H,11H2,1-3H3,(H,23,25). The van der Waals surface area contributed by atoms with Gasteiger partial charge in [-0.2, -0.15) is 0 Å². The van der Waals surface area contributed by atoms with Crippen molar-refractivity contribution in [3.05, 3.63) is 70.1 Å². The lowest BCUT2D eigenvalue weighted by Gasteiger charge is -2.09. The molecule has 0 atom stereocenters. The van der Waals surface area contributed by atoms with Gasteiger partial charge in [0.15, 0.2) is 0 Å². The quantitative estimate of drug-likeness (QED) is 0.514. The van der Waals surface area contributed by atoms with E-state index in [9.17, 15) is 4.79 Å². The van der Waals surface area contributed by atoms with Crippen LogP contribution in [-0.4, -0.2) is 16.0 Å². The van der Waals surface area contributed by atoms with Crippen molar-refractivity contribution >= 4 is 33.1 Å². The molecule has 0 saturated carbocycles. The number of rotatable bonds is 5. The Balaban J connectivity index is 1.47. The molecule has 0 aliphatic rings. The highest BCUT2D eigenvalue weighted by Crippen LogP contribution is 2.25. The summed E-state index contributed by atoms with van der Waals surface area (Å²) in [4.78, 5) is 17.1. The molecule has 1 amide bonds. The molecule has 0 aliphatic heterocycles. The minimum atomic E-state index is -0.191. The summed E-state index contributed by atoms with van der Waals surface area (Å²) in [5.74, 6) is 1.16. The number of anilines is 1. The Morgan fingerprint density at radius 1 is 1.18 bits per heavy atom. The van der Waals surface area contributed by atoms with Crippen molar-refractivity contribution in [2.24, 2.45) is 0 Å². The van der Waals surface area contributed by atoms with Crippen LogP contribution in [0.1, 0.15) is 32.4 Å². The van der Waals surface area contributed by atoms with Crippen molar-refractivity contribution < 1.29 is 14.1 Å².